The number of rotatable bonds is 6. The Hall–Kier alpha value is -3.15. The highest BCUT2D eigenvalue weighted by molar-refractivity contribution is 5.98. The molecule has 0 saturated heterocycles. The minimum Gasteiger partial charge on any atom is -0.449 e. The van der Waals surface area contributed by atoms with Crippen LogP contribution in [0, 0.1) is 21.4 Å². The molecule has 1 aromatic carbocycles. The standard InChI is InChI=1S/C19H24N4O5/c1-13(17(24)21-19(12-20)9-5-4-6-10-19)28-18(25)15-11-14(23(26)27)7-8-16(15)22(2)3/h7-8,11,13H,4-6,9-10H2,1-3H3,(H,21,24)/t13-/m0/s1. The van der Waals surface area contributed by atoms with Crippen LogP contribution in [0.3, 0.4) is 0 Å². The van der Waals surface area contributed by atoms with Crippen LogP contribution in [0.1, 0.15) is 49.4 Å². The summed E-state index contributed by atoms with van der Waals surface area (Å²) in [5, 5.41) is 23.2. The maximum Gasteiger partial charge on any atom is 0.341 e. The predicted molar refractivity (Wildman–Crippen MR) is 102 cm³/mol. The number of ether oxygens (including phenoxy) is 1. The van der Waals surface area contributed by atoms with E-state index in [4.69, 9.17) is 4.74 Å². The van der Waals surface area contributed by atoms with Gasteiger partial charge in [0.15, 0.2) is 6.10 Å². The molecule has 0 heterocycles. The lowest BCUT2D eigenvalue weighted by Gasteiger charge is -2.32. The molecule has 0 unspecified atom stereocenters. The summed E-state index contributed by atoms with van der Waals surface area (Å²) in [6.45, 7) is 1.41. The molecule has 0 bridgehead atoms. The molecule has 2 rings (SSSR count). The third-order valence-electron chi connectivity index (χ3n) is 4.83. The Bertz CT molecular complexity index is 809. The Morgan fingerprint density at radius 2 is 1.96 bits per heavy atom. The predicted octanol–water partition coefficient (Wildman–Crippen LogP) is 2.55. The van der Waals surface area contributed by atoms with Gasteiger partial charge in [0.25, 0.3) is 11.6 Å². The van der Waals surface area contributed by atoms with Gasteiger partial charge in [0.1, 0.15) is 5.54 Å². The highest BCUT2D eigenvalue weighted by Gasteiger charge is 2.35. The number of hydrogen-bond acceptors (Lipinski definition) is 7. The van der Waals surface area contributed by atoms with Crippen LogP contribution in [-0.2, 0) is 9.53 Å². The number of non-ortho nitro benzene ring substituents is 1. The van der Waals surface area contributed by atoms with E-state index in [1.807, 2.05) is 0 Å². The largest absolute Gasteiger partial charge is 0.449 e. The number of esters is 1. The van der Waals surface area contributed by atoms with Crippen molar-refractivity contribution < 1.29 is 19.2 Å². The summed E-state index contributed by atoms with van der Waals surface area (Å²) >= 11 is 0. The topological polar surface area (TPSA) is 126 Å². The zero-order chi connectivity index (χ0) is 20.9. The average molecular weight is 388 g/mol. The lowest BCUT2D eigenvalue weighted by molar-refractivity contribution is -0.384. The number of amides is 1. The molecular formula is C19H24N4O5. The van der Waals surface area contributed by atoms with Crippen LogP contribution in [0.4, 0.5) is 11.4 Å². The molecule has 9 nitrogen and oxygen atoms in total. The smallest absolute Gasteiger partial charge is 0.341 e. The minimum absolute atomic E-state index is 0.00786. The Kier molecular flexibility index (Phi) is 6.57. The fourth-order valence-corrected chi connectivity index (χ4v) is 3.23. The molecule has 1 amide bonds. The van der Waals surface area contributed by atoms with Crippen molar-refractivity contribution >= 4 is 23.3 Å². The van der Waals surface area contributed by atoms with Crippen LogP contribution in [-0.4, -0.2) is 42.5 Å². The lowest BCUT2D eigenvalue weighted by Crippen LogP contribution is -2.52. The second kappa shape index (κ2) is 8.69. The molecule has 0 aliphatic heterocycles. The third kappa shape index (κ3) is 4.76. The molecule has 0 aromatic heterocycles. The maximum absolute atomic E-state index is 12.6. The van der Waals surface area contributed by atoms with Gasteiger partial charge in [-0.05, 0) is 25.8 Å². The van der Waals surface area contributed by atoms with Crippen molar-refractivity contribution in [2.45, 2.75) is 50.7 Å². The molecular weight excluding hydrogens is 364 g/mol. The van der Waals surface area contributed by atoms with E-state index in [1.54, 1.807) is 19.0 Å². The van der Waals surface area contributed by atoms with Crippen molar-refractivity contribution in [3.63, 3.8) is 0 Å². The summed E-state index contributed by atoms with van der Waals surface area (Å²) in [5.41, 5.74) is -0.758. The highest BCUT2D eigenvalue weighted by atomic mass is 16.6. The molecule has 1 aliphatic rings. The molecule has 1 fully saturated rings. The monoisotopic (exact) mass is 388 g/mol. The Morgan fingerprint density at radius 3 is 2.50 bits per heavy atom. The first kappa shape index (κ1) is 21.2. The van der Waals surface area contributed by atoms with Gasteiger partial charge in [-0.3, -0.25) is 14.9 Å². The number of hydrogen-bond donors (Lipinski definition) is 1. The molecule has 150 valence electrons. The van der Waals surface area contributed by atoms with E-state index in [-0.39, 0.29) is 11.3 Å². The summed E-state index contributed by atoms with van der Waals surface area (Å²) in [6.07, 6.45) is 2.69. The van der Waals surface area contributed by atoms with Gasteiger partial charge in [-0.25, -0.2) is 4.79 Å². The van der Waals surface area contributed by atoms with E-state index in [1.165, 1.54) is 19.1 Å². The molecule has 0 radical (unpaired) electrons. The second-order valence-corrected chi connectivity index (χ2v) is 7.14. The van der Waals surface area contributed by atoms with Gasteiger partial charge in [-0.15, -0.1) is 0 Å². The molecule has 1 atom stereocenters. The number of nitro benzene ring substituents is 1. The van der Waals surface area contributed by atoms with Crippen LogP contribution >= 0.6 is 0 Å². The van der Waals surface area contributed by atoms with Crippen LogP contribution in [0.15, 0.2) is 18.2 Å². The van der Waals surface area contributed by atoms with Gasteiger partial charge in [0, 0.05) is 26.2 Å². The quantitative estimate of drug-likeness (QED) is 0.451. The zero-order valence-corrected chi connectivity index (χ0v) is 16.2. The van der Waals surface area contributed by atoms with Gasteiger partial charge in [-0.1, -0.05) is 19.3 Å². The zero-order valence-electron chi connectivity index (χ0n) is 16.2. The number of anilines is 1. The summed E-state index contributed by atoms with van der Waals surface area (Å²) < 4.78 is 5.25. The van der Waals surface area contributed by atoms with E-state index in [9.17, 15) is 25.0 Å². The van der Waals surface area contributed by atoms with Crippen LogP contribution in [0.2, 0.25) is 0 Å². The van der Waals surface area contributed by atoms with Crippen molar-refractivity contribution in [2.24, 2.45) is 0 Å². The number of nitriles is 1. The Balaban J connectivity index is 2.15. The number of benzene rings is 1. The fraction of sp³-hybridized carbons (Fsp3) is 0.526. The number of carbonyl (C=O) groups excluding carboxylic acids is 2. The van der Waals surface area contributed by atoms with Gasteiger partial charge >= 0.3 is 5.97 Å². The van der Waals surface area contributed by atoms with E-state index < -0.39 is 28.4 Å². The molecule has 9 heteroatoms. The Labute approximate surface area is 163 Å². The van der Waals surface area contributed by atoms with Gasteiger partial charge in [0.2, 0.25) is 0 Å². The molecule has 1 aliphatic carbocycles. The van der Waals surface area contributed by atoms with E-state index in [0.717, 1.165) is 25.3 Å². The number of nitrogens with one attached hydrogen (secondary N) is 1. The van der Waals surface area contributed by atoms with E-state index >= 15 is 0 Å². The average Bonchev–Trinajstić information content (AvgIpc) is 2.67. The van der Waals surface area contributed by atoms with Crippen molar-refractivity contribution in [3.8, 4) is 6.07 Å². The normalized spacial score (nSPS) is 16.4. The fourth-order valence-electron chi connectivity index (χ4n) is 3.23. The molecule has 28 heavy (non-hydrogen) atoms. The maximum atomic E-state index is 12.6. The molecule has 0 spiro atoms. The summed E-state index contributed by atoms with van der Waals surface area (Å²) in [5.74, 6) is -1.40. The number of carbonyl (C=O) groups is 2. The first-order valence-corrected chi connectivity index (χ1v) is 9.09. The van der Waals surface area contributed by atoms with Gasteiger partial charge < -0.3 is 15.0 Å². The van der Waals surface area contributed by atoms with Crippen LogP contribution in [0.25, 0.3) is 0 Å². The van der Waals surface area contributed by atoms with Gasteiger partial charge in [-0.2, -0.15) is 5.26 Å². The molecule has 1 aromatic rings. The lowest BCUT2D eigenvalue weighted by atomic mass is 9.83. The SMILES string of the molecule is C[C@H](OC(=O)c1cc([N+](=O)[O-])ccc1N(C)C)C(=O)NC1(C#N)CCCCC1. The number of nitrogens with zero attached hydrogens (tertiary/aromatic N) is 3. The van der Waals surface area contributed by atoms with Crippen molar-refractivity contribution in [2.75, 3.05) is 19.0 Å². The highest BCUT2D eigenvalue weighted by Crippen LogP contribution is 2.28. The Morgan fingerprint density at radius 1 is 1.32 bits per heavy atom. The first-order chi connectivity index (χ1) is 13.2. The molecule has 1 N–H and O–H groups in total. The molecule has 1 saturated carbocycles. The van der Waals surface area contributed by atoms with E-state index in [0.29, 0.717) is 18.5 Å². The van der Waals surface area contributed by atoms with Gasteiger partial charge in [0.05, 0.1) is 22.2 Å². The van der Waals surface area contributed by atoms with Crippen molar-refractivity contribution in [1.29, 1.82) is 5.26 Å². The second-order valence-electron chi connectivity index (χ2n) is 7.14. The minimum atomic E-state index is -1.14. The van der Waals surface area contributed by atoms with E-state index in [2.05, 4.69) is 11.4 Å². The summed E-state index contributed by atoms with van der Waals surface area (Å²) in [7, 11) is 3.38. The third-order valence-corrected chi connectivity index (χ3v) is 4.83. The first-order valence-electron chi connectivity index (χ1n) is 9.09. The van der Waals surface area contributed by atoms with Crippen LogP contribution in [0.5, 0.6) is 0 Å². The summed E-state index contributed by atoms with van der Waals surface area (Å²) in [4.78, 5) is 37.1. The number of nitro groups is 1. The van der Waals surface area contributed by atoms with Crippen molar-refractivity contribution in [1.82, 2.24) is 5.32 Å². The van der Waals surface area contributed by atoms with Crippen LogP contribution < -0.4 is 10.2 Å². The van der Waals surface area contributed by atoms with Crippen molar-refractivity contribution in [3.05, 3.63) is 33.9 Å². The summed E-state index contributed by atoms with van der Waals surface area (Å²) in [6, 6.07) is 6.05.